The molecule has 0 spiro atoms. The van der Waals surface area contributed by atoms with Crippen molar-refractivity contribution in [3.05, 3.63) is 10.5 Å². The second-order valence-corrected chi connectivity index (χ2v) is 4.33. The van der Waals surface area contributed by atoms with Crippen LogP contribution in [-0.2, 0) is 7.05 Å². The first-order chi connectivity index (χ1) is 6.07. The summed E-state index contributed by atoms with van der Waals surface area (Å²) in [6.07, 6.45) is 0. The van der Waals surface area contributed by atoms with Gasteiger partial charge < -0.3 is 0 Å². The summed E-state index contributed by atoms with van der Waals surface area (Å²) in [5, 5.41) is 5.02. The third-order valence-electron chi connectivity index (χ3n) is 1.73. The van der Waals surface area contributed by atoms with Gasteiger partial charge in [0.25, 0.3) is 0 Å². The molecule has 1 heterocycles. The van der Waals surface area contributed by atoms with Crippen molar-refractivity contribution in [1.29, 1.82) is 0 Å². The lowest BCUT2D eigenvalue weighted by Gasteiger charge is -2.00. The van der Waals surface area contributed by atoms with Gasteiger partial charge in [-0.2, -0.15) is 0 Å². The Morgan fingerprint density at radius 1 is 1.54 bits per heavy atom. The Balaban J connectivity index is 3.13. The van der Waals surface area contributed by atoms with Gasteiger partial charge in [0.1, 0.15) is 0 Å². The third-order valence-corrected chi connectivity index (χ3v) is 2.63. The molecule has 0 amide bonds. The van der Waals surface area contributed by atoms with E-state index in [9.17, 15) is 4.79 Å². The summed E-state index contributed by atoms with van der Waals surface area (Å²) in [5.74, 6) is 0.933. The molecule has 0 aromatic carbocycles. The standard InChI is InChI=1S/C8H15N3OS/c1-5-13-7-9-11(6(2)3)8(12)10(7)4/h6H,5H2,1-4H3. The Morgan fingerprint density at radius 3 is 2.54 bits per heavy atom. The van der Waals surface area contributed by atoms with Crippen LogP contribution in [0, 0.1) is 0 Å². The van der Waals surface area contributed by atoms with E-state index in [0.29, 0.717) is 0 Å². The minimum atomic E-state index is -0.0362. The van der Waals surface area contributed by atoms with E-state index < -0.39 is 0 Å². The van der Waals surface area contributed by atoms with Crippen LogP contribution in [0.25, 0.3) is 0 Å². The van der Waals surface area contributed by atoms with Gasteiger partial charge in [-0.05, 0) is 19.6 Å². The molecule has 5 heteroatoms. The molecule has 0 saturated carbocycles. The average Bonchev–Trinajstić information content (AvgIpc) is 2.33. The molecule has 4 nitrogen and oxygen atoms in total. The zero-order valence-corrected chi connectivity index (χ0v) is 9.26. The van der Waals surface area contributed by atoms with E-state index in [1.165, 1.54) is 4.68 Å². The first kappa shape index (κ1) is 10.4. The fourth-order valence-electron chi connectivity index (χ4n) is 1.03. The highest BCUT2D eigenvalue weighted by atomic mass is 32.2. The topological polar surface area (TPSA) is 39.8 Å². The smallest absolute Gasteiger partial charge is 0.273 e. The Labute approximate surface area is 81.9 Å². The SMILES string of the molecule is CCSc1nn(C(C)C)c(=O)n1C. The number of hydrogen-bond donors (Lipinski definition) is 0. The van der Waals surface area contributed by atoms with Gasteiger partial charge in [-0.3, -0.25) is 4.57 Å². The van der Waals surface area contributed by atoms with Gasteiger partial charge in [0.05, 0.1) is 6.04 Å². The molecular formula is C8H15N3OS. The van der Waals surface area contributed by atoms with Gasteiger partial charge in [-0.1, -0.05) is 18.7 Å². The zero-order valence-electron chi connectivity index (χ0n) is 8.44. The predicted molar refractivity (Wildman–Crippen MR) is 54.3 cm³/mol. The molecule has 1 rings (SSSR count). The lowest BCUT2D eigenvalue weighted by Crippen LogP contribution is -2.24. The summed E-state index contributed by atoms with van der Waals surface area (Å²) >= 11 is 1.59. The van der Waals surface area contributed by atoms with E-state index in [2.05, 4.69) is 5.10 Å². The second-order valence-electron chi connectivity index (χ2n) is 3.10. The Hall–Kier alpha value is -0.710. The fraction of sp³-hybridized carbons (Fsp3) is 0.750. The van der Waals surface area contributed by atoms with Crippen LogP contribution in [0.1, 0.15) is 26.8 Å². The molecule has 0 N–H and O–H groups in total. The van der Waals surface area contributed by atoms with Crippen molar-refractivity contribution in [2.45, 2.75) is 32.0 Å². The van der Waals surface area contributed by atoms with Crippen LogP contribution in [0.2, 0.25) is 0 Å². The van der Waals surface area contributed by atoms with Crippen LogP contribution in [-0.4, -0.2) is 20.1 Å². The predicted octanol–water partition coefficient (Wildman–Crippen LogP) is 1.27. The molecule has 0 saturated heterocycles. The number of aromatic nitrogens is 3. The van der Waals surface area contributed by atoms with E-state index in [1.54, 1.807) is 23.4 Å². The van der Waals surface area contributed by atoms with Crippen LogP contribution in [0.3, 0.4) is 0 Å². The molecule has 0 unspecified atom stereocenters. The third kappa shape index (κ3) is 1.96. The van der Waals surface area contributed by atoms with Crippen molar-refractivity contribution in [2.75, 3.05) is 5.75 Å². The molecule has 0 atom stereocenters. The highest BCUT2D eigenvalue weighted by molar-refractivity contribution is 7.99. The van der Waals surface area contributed by atoms with Crippen molar-refractivity contribution in [3.8, 4) is 0 Å². The summed E-state index contributed by atoms with van der Waals surface area (Å²) in [4.78, 5) is 11.6. The quantitative estimate of drug-likeness (QED) is 0.691. The van der Waals surface area contributed by atoms with Crippen LogP contribution in [0.5, 0.6) is 0 Å². The number of thioether (sulfide) groups is 1. The van der Waals surface area contributed by atoms with Gasteiger partial charge in [-0.25, -0.2) is 9.48 Å². The maximum absolute atomic E-state index is 11.6. The zero-order chi connectivity index (χ0) is 10.0. The highest BCUT2D eigenvalue weighted by Gasteiger charge is 2.11. The van der Waals surface area contributed by atoms with Crippen molar-refractivity contribution in [2.24, 2.45) is 7.05 Å². The van der Waals surface area contributed by atoms with E-state index in [0.717, 1.165) is 10.9 Å². The molecular weight excluding hydrogens is 186 g/mol. The highest BCUT2D eigenvalue weighted by Crippen LogP contribution is 2.12. The Bertz CT molecular complexity index is 340. The van der Waals surface area contributed by atoms with Crippen LogP contribution < -0.4 is 5.69 Å². The minimum Gasteiger partial charge on any atom is -0.273 e. The van der Waals surface area contributed by atoms with Crippen LogP contribution in [0.4, 0.5) is 0 Å². The molecule has 1 aromatic heterocycles. The summed E-state index contributed by atoms with van der Waals surface area (Å²) in [7, 11) is 1.76. The second kappa shape index (κ2) is 4.00. The number of hydrogen-bond acceptors (Lipinski definition) is 3. The maximum Gasteiger partial charge on any atom is 0.346 e. The monoisotopic (exact) mass is 201 g/mol. The molecule has 0 aliphatic heterocycles. The van der Waals surface area contributed by atoms with E-state index in [-0.39, 0.29) is 11.7 Å². The first-order valence-corrected chi connectivity index (χ1v) is 5.34. The lowest BCUT2D eigenvalue weighted by molar-refractivity contribution is 0.504. The maximum atomic E-state index is 11.6. The normalized spacial score (nSPS) is 11.2. The fourth-order valence-corrected chi connectivity index (χ4v) is 1.70. The molecule has 74 valence electrons. The summed E-state index contributed by atoms with van der Waals surface area (Å²) < 4.78 is 3.10. The van der Waals surface area contributed by atoms with Crippen molar-refractivity contribution < 1.29 is 0 Å². The van der Waals surface area contributed by atoms with E-state index in [4.69, 9.17) is 0 Å². The van der Waals surface area contributed by atoms with Crippen molar-refractivity contribution >= 4 is 11.8 Å². The first-order valence-electron chi connectivity index (χ1n) is 4.36. The van der Waals surface area contributed by atoms with Crippen LogP contribution >= 0.6 is 11.8 Å². The summed E-state index contributed by atoms with van der Waals surface area (Å²) in [5.41, 5.74) is -0.0362. The van der Waals surface area contributed by atoms with Crippen molar-refractivity contribution in [1.82, 2.24) is 14.3 Å². The molecule has 13 heavy (non-hydrogen) atoms. The summed E-state index contributed by atoms with van der Waals surface area (Å²) in [6, 6.07) is 0.130. The number of nitrogens with zero attached hydrogens (tertiary/aromatic N) is 3. The van der Waals surface area contributed by atoms with Crippen LogP contribution in [0.15, 0.2) is 9.95 Å². The van der Waals surface area contributed by atoms with Gasteiger partial charge in [0.2, 0.25) is 0 Å². The molecule has 0 aliphatic rings. The lowest BCUT2D eigenvalue weighted by atomic mass is 10.4. The largest absolute Gasteiger partial charge is 0.346 e. The average molecular weight is 201 g/mol. The van der Waals surface area contributed by atoms with E-state index >= 15 is 0 Å². The molecule has 0 bridgehead atoms. The van der Waals surface area contributed by atoms with Gasteiger partial charge in [0.15, 0.2) is 5.16 Å². The number of rotatable bonds is 3. The minimum absolute atomic E-state index is 0.0362. The van der Waals surface area contributed by atoms with E-state index in [1.807, 2.05) is 20.8 Å². The Morgan fingerprint density at radius 2 is 2.15 bits per heavy atom. The molecule has 0 radical (unpaired) electrons. The van der Waals surface area contributed by atoms with Gasteiger partial charge >= 0.3 is 5.69 Å². The van der Waals surface area contributed by atoms with Gasteiger partial charge in [-0.15, -0.1) is 5.10 Å². The molecule has 0 fully saturated rings. The Kier molecular flexibility index (Phi) is 3.19. The summed E-state index contributed by atoms with van der Waals surface area (Å²) in [6.45, 7) is 5.95. The van der Waals surface area contributed by atoms with Gasteiger partial charge in [0, 0.05) is 7.05 Å². The molecule has 1 aromatic rings. The van der Waals surface area contributed by atoms with Crippen molar-refractivity contribution in [3.63, 3.8) is 0 Å². The molecule has 0 aliphatic carbocycles.